The minimum atomic E-state index is -0.478. The summed E-state index contributed by atoms with van der Waals surface area (Å²) < 4.78 is 5.60. The maximum absolute atomic E-state index is 12.6. The third kappa shape index (κ3) is 5.60. The van der Waals surface area contributed by atoms with Crippen LogP contribution < -0.4 is 21.9 Å². The van der Waals surface area contributed by atoms with Crippen LogP contribution in [0.1, 0.15) is 42.3 Å². The van der Waals surface area contributed by atoms with Gasteiger partial charge in [0.05, 0.1) is 11.3 Å². The predicted molar refractivity (Wildman–Crippen MR) is 125 cm³/mol. The minimum Gasteiger partial charge on any atom is -0.423 e. The number of benzene rings is 3. The number of carbonyl (C=O) groups excluding carboxylic acids is 1. The highest BCUT2D eigenvalue weighted by molar-refractivity contribution is 6.01. The molecule has 0 saturated heterocycles. The summed E-state index contributed by atoms with van der Waals surface area (Å²) in [6, 6.07) is 15.8. The SMILES string of the molecule is CC(C)(C)Cc1cc(C(=N)N)cc2ccc(OC(=O)c3ccc(N=C(N)N)cc3)cc12. The number of nitrogens with two attached hydrogens (primary N) is 3. The summed E-state index contributed by atoms with van der Waals surface area (Å²) in [7, 11) is 0. The van der Waals surface area contributed by atoms with E-state index in [0.29, 0.717) is 22.6 Å². The zero-order chi connectivity index (χ0) is 22.8. The molecular weight excluding hydrogens is 390 g/mol. The van der Waals surface area contributed by atoms with Crippen LogP contribution in [-0.4, -0.2) is 17.8 Å². The molecule has 7 heteroatoms. The van der Waals surface area contributed by atoms with E-state index >= 15 is 0 Å². The van der Waals surface area contributed by atoms with Crippen LogP contribution in [0.5, 0.6) is 5.75 Å². The zero-order valence-electron chi connectivity index (χ0n) is 17.9. The fraction of sp³-hybridized carbons (Fsp3) is 0.208. The number of carbonyl (C=O) groups is 1. The number of amidine groups is 1. The molecule has 0 aliphatic carbocycles. The Morgan fingerprint density at radius 2 is 1.65 bits per heavy atom. The van der Waals surface area contributed by atoms with Crippen molar-refractivity contribution >= 4 is 34.2 Å². The summed E-state index contributed by atoms with van der Waals surface area (Å²) in [6.07, 6.45) is 0.786. The van der Waals surface area contributed by atoms with Gasteiger partial charge in [-0.2, -0.15) is 0 Å². The van der Waals surface area contributed by atoms with Crippen molar-refractivity contribution in [1.82, 2.24) is 0 Å². The highest BCUT2D eigenvalue weighted by Crippen LogP contribution is 2.31. The van der Waals surface area contributed by atoms with Gasteiger partial charge in [-0.1, -0.05) is 26.8 Å². The lowest BCUT2D eigenvalue weighted by Gasteiger charge is -2.20. The van der Waals surface area contributed by atoms with E-state index in [4.69, 9.17) is 27.3 Å². The number of aliphatic imine (C=N–C) groups is 1. The molecule has 3 aromatic carbocycles. The van der Waals surface area contributed by atoms with Gasteiger partial charge in [-0.15, -0.1) is 0 Å². The summed E-state index contributed by atoms with van der Waals surface area (Å²) in [5.74, 6) is -0.0629. The van der Waals surface area contributed by atoms with E-state index in [0.717, 1.165) is 22.8 Å². The van der Waals surface area contributed by atoms with E-state index in [1.807, 2.05) is 24.3 Å². The van der Waals surface area contributed by atoms with Crippen molar-refractivity contribution in [1.29, 1.82) is 5.41 Å². The topological polar surface area (TPSA) is 141 Å². The number of ether oxygens (including phenoxy) is 1. The van der Waals surface area contributed by atoms with E-state index < -0.39 is 5.97 Å². The van der Waals surface area contributed by atoms with Crippen LogP contribution in [0.25, 0.3) is 10.8 Å². The molecule has 0 spiro atoms. The van der Waals surface area contributed by atoms with Crippen LogP contribution in [0.2, 0.25) is 0 Å². The minimum absolute atomic E-state index is 0.0248. The van der Waals surface area contributed by atoms with E-state index in [1.165, 1.54) is 0 Å². The molecule has 0 heterocycles. The van der Waals surface area contributed by atoms with Crippen molar-refractivity contribution in [3.63, 3.8) is 0 Å². The molecule has 0 bridgehead atoms. The van der Waals surface area contributed by atoms with E-state index in [1.54, 1.807) is 30.3 Å². The average Bonchev–Trinajstić information content (AvgIpc) is 2.67. The van der Waals surface area contributed by atoms with Gasteiger partial charge in [0, 0.05) is 5.56 Å². The lowest BCUT2D eigenvalue weighted by Crippen LogP contribution is -2.21. The van der Waals surface area contributed by atoms with Crippen molar-refractivity contribution in [2.24, 2.45) is 27.6 Å². The lowest BCUT2D eigenvalue weighted by molar-refractivity contribution is 0.0735. The highest BCUT2D eigenvalue weighted by atomic mass is 16.5. The number of fused-ring (bicyclic) bond motifs is 1. The zero-order valence-corrected chi connectivity index (χ0v) is 17.9. The van der Waals surface area contributed by atoms with Crippen molar-refractivity contribution in [2.45, 2.75) is 27.2 Å². The van der Waals surface area contributed by atoms with Gasteiger partial charge < -0.3 is 21.9 Å². The molecule has 0 radical (unpaired) electrons. The molecule has 0 atom stereocenters. The molecule has 0 aliphatic rings. The van der Waals surface area contributed by atoms with E-state index in [2.05, 4.69) is 25.8 Å². The van der Waals surface area contributed by atoms with Gasteiger partial charge in [-0.05, 0) is 76.7 Å². The number of rotatable bonds is 5. The Bertz CT molecular complexity index is 1170. The highest BCUT2D eigenvalue weighted by Gasteiger charge is 2.16. The molecule has 0 amide bonds. The maximum Gasteiger partial charge on any atom is 0.343 e. The molecule has 0 saturated carbocycles. The monoisotopic (exact) mass is 417 g/mol. The molecule has 7 N–H and O–H groups in total. The Hall–Kier alpha value is -3.87. The number of hydrogen-bond donors (Lipinski definition) is 4. The van der Waals surface area contributed by atoms with Crippen LogP contribution >= 0.6 is 0 Å². The summed E-state index contributed by atoms with van der Waals surface area (Å²) in [6.45, 7) is 6.44. The van der Waals surface area contributed by atoms with E-state index in [-0.39, 0.29) is 17.2 Å². The molecule has 31 heavy (non-hydrogen) atoms. The van der Waals surface area contributed by atoms with Crippen molar-refractivity contribution in [2.75, 3.05) is 0 Å². The summed E-state index contributed by atoms with van der Waals surface area (Å²) >= 11 is 0. The Morgan fingerprint density at radius 1 is 0.968 bits per heavy atom. The number of nitrogens with one attached hydrogen (secondary N) is 1. The van der Waals surface area contributed by atoms with Gasteiger partial charge in [0.25, 0.3) is 0 Å². The number of nitrogens with zero attached hydrogens (tertiary/aromatic N) is 1. The molecule has 0 unspecified atom stereocenters. The molecule has 3 aromatic rings. The first-order valence-electron chi connectivity index (χ1n) is 9.85. The molecule has 160 valence electrons. The van der Waals surface area contributed by atoms with E-state index in [9.17, 15) is 4.79 Å². The first-order chi connectivity index (χ1) is 14.5. The standard InChI is InChI=1S/C24H27N5O2/c1-24(2,3)13-17-11-16(21(25)26)10-15-6-9-19(12-20(15)17)31-22(30)14-4-7-18(8-5-14)29-23(27)28/h4-12H,13H2,1-3H3,(H3,25,26)(H4,27,28,29). The second-order valence-corrected chi connectivity index (χ2v) is 8.64. The Morgan fingerprint density at radius 3 is 2.23 bits per heavy atom. The predicted octanol–water partition coefficient (Wildman–Crippen LogP) is 3.84. The fourth-order valence-electron chi connectivity index (χ4n) is 3.34. The normalized spacial score (nSPS) is 11.2. The number of guanidine groups is 1. The van der Waals surface area contributed by atoms with Crippen LogP contribution in [0.4, 0.5) is 5.69 Å². The van der Waals surface area contributed by atoms with Gasteiger partial charge in [0.2, 0.25) is 0 Å². The van der Waals surface area contributed by atoms with Crippen LogP contribution in [0, 0.1) is 10.8 Å². The van der Waals surface area contributed by atoms with Crippen LogP contribution in [0.3, 0.4) is 0 Å². The van der Waals surface area contributed by atoms with Gasteiger partial charge in [0.1, 0.15) is 11.6 Å². The number of nitrogen functional groups attached to an aromatic ring is 1. The summed E-state index contributed by atoms with van der Waals surface area (Å²) in [4.78, 5) is 16.5. The van der Waals surface area contributed by atoms with Crippen molar-refractivity contribution in [3.05, 3.63) is 71.3 Å². The van der Waals surface area contributed by atoms with Gasteiger partial charge in [-0.25, -0.2) is 9.79 Å². The number of hydrogen-bond acceptors (Lipinski definition) is 4. The third-order valence-corrected chi connectivity index (χ3v) is 4.61. The molecule has 0 aliphatic heterocycles. The van der Waals surface area contributed by atoms with Gasteiger partial charge in [-0.3, -0.25) is 5.41 Å². The van der Waals surface area contributed by atoms with Gasteiger partial charge in [0.15, 0.2) is 5.96 Å². The van der Waals surface area contributed by atoms with Crippen molar-refractivity contribution in [3.8, 4) is 5.75 Å². The van der Waals surface area contributed by atoms with Gasteiger partial charge >= 0.3 is 5.97 Å². The smallest absolute Gasteiger partial charge is 0.343 e. The third-order valence-electron chi connectivity index (χ3n) is 4.61. The summed E-state index contributed by atoms with van der Waals surface area (Å²) in [5.41, 5.74) is 19.2. The molecular formula is C24H27N5O2. The maximum atomic E-state index is 12.6. The molecule has 0 aromatic heterocycles. The molecule has 3 rings (SSSR count). The first-order valence-corrected chi connectivity index (χ1v) is 9.85. The Balaban J connectivity index is 1.93. The fourth-order valence-corrected chi connectivity index (χ4v) is 3.34. The largest absolute Gasteiger partial charge is 0.423 e. The van der Waals surface area contributed by atoms with Crippen molar-refractivity contribution < 1.29 is 9.53 Å². The summed E-state index contributed by atoms with van der Waals surface area (Å²) in [5, 5.41) is 9.71. The Kier molecular flexibility index (Phi) is 5.97. The van der Waals surface area contributed by atoms with Crippen LogP contribution in [0.15, 0.2) is 59.6 Å². The quantitative estimate of drug-likeness (QED) is 0.216. The average molecular weight is 418 g/mol. The molecule has 0 fully saturated rings. The Labute approximate surface area is 181 Å². The number of esters is 1. The second kappa shape index (κ2) is 8.47. The van der Waals surface area contributed by atoms with Crippen LogP contribution in [-0.2, 0) is 6.42 Å². The second-order valence-electron chi connectivity index (χ2n) is 8.64. The molecule has 7 nitrogen and oxygen atoms in total. The lowest BCUT2D eigenvalue weighted by atomic mass is 9.85. The first kappa shape index (κ1) is 21.8.